The van der Waals surface area contributed by atoms with Crippen molar-refractivity contribution in [2.75, 3.05) is 24.3 Å². The van der Waals surface area contributed by atoms with E-state index in [1.54, 1.807) is 22.8 Å². The van der Waals surface area contributed by atoms with Crippen LogP contribution in [-0.4, -0.2) is 34.4 Å². The van der Waals surface area contributed by atoms with Gasteiger partial charge in [-0.15, -0.1) is 11.3 Å². The van der Waals surface area contributed by atoms with Crippen LogP contribution in [0.2, 0.25) is 0 Å². The molecular formula is C22H25N3O4S2. The highest BCUT2D eigenvalue weighted by molar-refractivity contribution is 7.99. The minimum atomic E-state index is -0.170. The van der Waals surface area contributed by atoms with Crippen LogP contribution in [0, 0.1) is 13.8 Å². The maximum atomic E-state index is 13.2. The number of benzene rings is 1. The van der Waals surface area contributed by atoms with E-state index in [2.05, 4.69) is 12.2 Å². The molecule has 0 saturated carbocycles. The summed E-state index contributed by atoms with van der Waals surface area (Å²) in [5.41, 5.74) is 1.62. The number of carbonyl (C=O) groups excluding carboxylic acids is 1. The summed E-state index contributed by atoms with van der Waals surface area (Å²) < 4.78 is 12.8. The van der Waals surface area contributed by atoms with Gasteiger partial charge in [-0.05, 0) is 38.0 Å². The number of nitrogens with zero attached hydrogens (tertiary/aromatic N) is 2. The number of anilines is 1. The Hall–Kier alpha value is -2.52. The number of hydrogen-bond donors (Lipinski definition) is 1. The van der Waals surface area contributed by atoms with Crippen molar-refractivity contribution in [3.05, 3.63) is 39.0 Å². The summed E-state index contributed by atoms with van der Waals surface area (Å²) >= 11 is 2.81. The highest BCUT2D eigenvalue weighted by Crippen LogP contribution is 2.33. The fraction of sp³-hybridized carbons (Fsp3) is 0.409. The Morgan fingerprint density at radius 2 is 2.03 bits per heavy atom. The van der Waals surface area contributed by atoms with Crippen molar-refractivity contribution < 1.29 is 14.3 Å². The summed E-state index contributed by atoms with van der Waals surface area (Å²) in [6.45, 7) is 7.67. The number of unbranched alkanes of at least 4 members (excludes halogenated alkanes) is 1. The lowest BCUT2D eigenvalue weighted by molar-refractivity contribution is -0.113. The molecule has 3 aromatic rings. The summed E-state index contributed by atoms with van der Waals surface area (Å²) in [6.07, 6.45) is 1.85. The van der Waals surface area contributed by atoms with E-state index in [0.29, 0.717) is 47.5 Å². The van der Waals surface area contributed by atoms with Crippen LogP contribution in [0.15, 0.2) is 28.2 Å². The Bertz CT molecular complexity index is 1190. The summed E-state index contributed by atoms with van der Waals surface area (Å²) in [7, 11) is 0. The smallest absolute Gasteiger partial charge is 0.263 e. The number of nitrogens with one attached hydrogen (secondary N) is 1. The van der Waals surface area contributed by atoms with Gasteiger partial charge in [-0.25, -0.2) is 4.98 Å². The van der Waals surface area contributed by atoms with Gasteiger partial charge >= 0.3 is 0 Å². The molecule has 3 heterocycles. The monoisotopic (exact) mass is 459 g/mol. The van der Waals surface area contributed by atoms with E-state index in [-0.39, 0.29) is 17.2 Å². The van der Waals surface area contributed by atoms with Gasteiger partial charge in [0.25, 0.3) is 5.56 Å². The first kappa shape index (κ1) is 21.7. The third-order valence-corrected chi connectivity index (χ3v) is 7.22. The Kier molecular flexibility index (Phi) is 6.52. The molecule has 0 fully saturated rings. The van der Waals surface area contributed by atoms with E-state index in [0.717, 1.165) is 28.1 Å². The lowest BCUT2D eigenvalue weighted by atomic mass is 10.2. The molecule has 0 atom stereocenters. The van der Waals surface area contributed by atoms with Gasteiger partial charge in [0.2, 0.25) is 5.91 Å². The lowest BCUT2D eigenvalue weighted by Crippen LogP contribution is -2.24. The molecule has 0 saturated heterocycles. The maximum absolute atomic E-state index is 13.2. The number of fused-ring (bicyclic) bond motifs is 2. The molecule has 1 aromatic carbocycles. The van der Waals surface area contributed by atoms with Crippen molar-refractivity contribution in [3.8, 4) is 11.5 Å². The predicted octanol–water partition coefficient (Wildman–Crippen LogP) is 4.38. The Labute approximate surface area is 188 Å². The Morgan fingerprint density at radius 1 is 1.26 bits per heavy atom. The largest absolute Gasteiger partial charge is 0.486 e. The summed E-state index contributed by atoms with van der Waals surface area (Å²) in [5, 5.41) is 4.17. The molecule has 0 radical (unpaired) electrons. The molecule has 31 heavy (non-hydrogen) atoms. The summed E-state index contributed by atoms with van der Waals surface area (Å²) in [6, 6.07) is 5.33. The predicted molar refractivity (Wildman–Crippen MR) is 125 cm³/mol. The van der Waals surface area contributed by atoms with E-state index in [9.17, 15) is 9.59 Å². The number of ether oxygens (including phenoxy) is 2. The Morgan fingerprint density at radius 3 is 2.81 bits per heavy atom. The second-order valence-corrected chi connectivity index (χ2v) is 9.51. The average Bonchev–Trinajstić information content (AvgIpc) is 3.05. The van der Waals surface area contributed by atoms with Gasteiger partial charge < -0.3 is 14.8 Å². The molecule has 1 aliphatic rings. The number of aryl methyl sites for hydroxylation is 2. The normalized spacial score (nSPS) is 12.9. The molecule has 0 unspecified atom stereocenters. The molecular weight excluding hydrogens is 434 g/mol. The van der Waals surface area contributed by atoms with Crippen LogP contribution in [0.3, 0.4) is 0 Å². The SMILES string of the molecule is CCCCn1c(SCC(=O)Nc2ccc3c(c2)OCCO3)nc2sc(C)c(C)c2c1=O. The number of thioether (sulfide) groups is 1. The van der Waals surface area contributed by atoms with Gasteiger partial charge in [-0.2, -0.15) is 0 Å². The molecule has 2 aromatic heterocycles. The third-order valence-electron chi connectivity index (χ3n) is 5.15. The third kappa shape index (κ3) is 4.57. The lowest BCUT2D eigenvalue weighted by Gasteiger charge is -2.19. The molecule has 1 aliphatic heterocycles. The van der Waals surface area contributed by atoms with Gasteiger partial charge in [0.1, 0.15) is 18.0 Å². The number of amides is 1. The molecule has 0 aliphatic carbocycles. The maximum Gasteiger partial charge on any atom is 0.263 e. The second kappa shape index (κ2) is 9.32. The van der Waals surface area contributed by atoms with E-state index < -0.39 is 0 Å². The van der Waals surface area contributed by atoms with Crippen molar-refractivity contribution in [2.45, 2.75) is 45.3 Å². The summed E-state index contributed by atoms with van der Waals surface area (Å²) in [5.74, 6) is 1.29. The van der Waals surface area contributed by atoms with E-state index in [1.807, 2.05) is 13.8 Å². The number of carbonyl (C=O) groups is 1. The first-order valence-corrected chi connectivity index (χ1v) is 12.1. The van der Waals surface area contributed by atoms with Crippen LogP contribution in [0.1, 0.15) is 30.2 Å². The van der Waals surface area contributed by atoms with Crippen molar-refractivity contribution in [3.63, 3.8) is 0 Å². The molecule has 0 bridgehead atoms. The first-order chi connectivity index (χ1) is 15.0. The zero-order valence-electron chi connectivity index (χ0n) is 17.8. The fourth-order valence-electron chi connectivity index (χ4n) is 3.38. The highest BCUT2D eigenvalue weighted by atomic mass is 32.2. The highest BCUT2D eigenvalue weighted by Gasteiger charge is 2.18. The molecule has 1 N–H and O–H groups in total. The average molecular weight is 460 g/mol. The van der Waals surface area contributed by atoms with Crippen molar-refractivity contribution in [1.82, 2.24) is 9.55 Å². The fourth-order valence-corrected chi connectivity index (χ4v) is 5.28. The van der Waals surface area contributed by atoms with Gasteiger partial charge in [-0.1, -0.05) is 25.1 Å². The first-order valence-electron chi connectivity index (χ1n) is 10.3. The zero-order valence-corrected chi connectivity index (χ0v) is 19.5. The van der Waals surface area contributed by atoms with Crippen LogP contribution in [0.5, 0.6) is 11.5 Å². The molecule has 1 amide bonds. The standard InChI is InChI=1S/C22H25N3O4S2/c1-4-5-8-25-21(27)19-13(2)14(3)31-20(19)24-22(25)30-12-18(26)23-15-6-7-16-17(11-15)29-10-9-28-16/h6-7,11H,4-5,8-10,12H2,1-3H3,(H,23,26). The minimum absolute atomic E-state index is 0.0185. The van der Waals surface area contributed by atoms with E-state index >= 15 is 0 Å². The van der Waals surface area contributed by atoms with Crippen LogP contribution in [0.4, 0.5) is 5.69 Å². The van der Waals surface area contributed by atoms with E-state index in [1.165, 1.54) is 23.1 Å². The molecule has 0 spiro atoms. The molecule has 164 valence electrons. The minimum Gasteiger partial charge on any atom is -0.486 e. The van der Waals surface area contributed by atoms with Gasteiger partial charge in [-0.3, -0.25) is 14.2 Å². The molecule has 9 heteroatoms. The summed E-state index contributed by atoms with van der Waals surface area (Å²) in [4.78, 5) is 32.3. The van der Waals surface area contributed by atoms with Crippen LogP contribution in [-0.2, 0) is 11.3 Å². The van der Waals surface area contributed by atoms with Crippen LogP contribution >= 0.6 is 23.1 Å². The number of thiophene rings is 1. The van der Waals surface area contributed by atoms with Crippen molar-refractivity contribution >= 4 is 44.9 Å². The second-order valence-electron chi connectivity index (χ2n) is 7.36. The van der Waals surface area contributed by atoms with Crippen molar-refractivity contribution in [1.29, 1.82) is 0 Å². The van der Waals surface area contributed by atoms with E-state index in [4.69, 9.17) is 14.5 Å². The Balaban J connectivity index is 1.52. The van der Waals surface area contributed by atoms with Gasteiger partial charge in [0, 0.05) is 23.2 Å². The molecule has 4 rings (SSSR count). The van der Waals surface area contributed by atoms with Crippen LogP contribution < -0.4 is 20.3 Å². The molecule has 7 nitrogen and oxygen atoms in total. The number of rotatable bonds is 7. The number of aromatic nitrogens is 2. The number of hydrogen-bond acceptors (Lipinski definition) is 7. The van der Waals surface area contributed by atoms with Gasteiger partial charge in [0.15, 0.2) is 16.7 Å². The topological polar surface area (TPSA) is 82.5 Å². The van der Waals surface area contributed by atoms with Crippen molar-refractivity contribution in [2.24, 2.45) is 0 Å². The van der Waals surface area contributed by atoms with Gasteiger partial charge in [0.05, 0.1) is 11.1 Å². The quantitative estimate of drug-likeness (QED) is 0.417. The van der Waals surface area contributed by atoms with Crippen LogP contribution in [0.25, 0.3) is 10.2 Å². The zero-order chi connectivity index (χ0) is 22.0.